The molecule has 3 heterocycles. The van der Waals surface area contributed by atoms with Crippen molar-refractivity contribution >= 4 is 0 Å². The SMILES string of the molecule is CC(C)COc1cc(C(F)(F)F)ccc1OC1C[C@H]2CCC[C@@H](C1)N2Oc1ccc(C(F)(F)F)cn1. The van der Waals surface area contributed by atoms with Gasteiger partial charge in [-0.1, -0.05) is 20.3 Å². The average molecular weight is 518 g/mol. The molecule has 0 aliphatic carbocycles. The van der Waals surface area contributed by atoms with E-state index in [1.165, 1.54) is 12.1 Å². The van der Waals surface area contributed by atoms with Gasteiger partial charge in [-0.05, 0) is 43.0 Å². The Kier molecular flexibility index (Phi) is 7.59. The van der Waals surface area contributed by atoms with Crippen LogP contribution in [-0.2, 0) is 12.4 Å². The van der Waals surface area contributed by atoms with Crippen molar-refractivity contribution in [1.82, 2.24) is 10.0 Å². The van der Waals surface area contributed by atoms with Crippen LogP contribution >= 0.6 is 0 Å². The number of halogens is 6. The molecule has 198 valence electrons. The first-order valence-electron chi connectivity index (χ1n) is 11.9. The number of nitrogens with zero attached hydrogens (tertiary/aromatic N) is 2. The molecule has 0 radical (unpaired) electrons. The zero-order valence-corrected chi connectivity index (χ0v) is 19.9. The van der Waals surface area contributed by atoms with Crippen molar-refractivity contribution in [2.24, 2.45) is 5.92 Å². The highest BCUT2D eigenvalue weighted by Gasteiger charge is 2.42. The van der Waals surface area contributed by atoms with Crippen LogP contribution in [0.4, 0.5) is 26.3 Å². The predicted octanol–water partition coefficient (Wildman–Crippen LogP) is 6.91. The number of alkyl halides is 6. The molecule has 2 aliphatic heterocycles. The predicted molar refractivity (Wildman–Crippen MR) is 119 cm³/mol. The highest BCUT2D eigenvalue weighted by Crippen LogP contribution is 2.40. The number of benzene rings is 1. The highest BCUT2D eigenvalue weighted by molar-refractivity contribution is 5.44. The van der Waals surface area contributed by atoms with Crippen LogP contribution in [0.15, 0.2) is 36.5 Å². The molecule has 2 aromatic rings. The molecule has 2 fully saturated rings. The zero-order chi connectivity index (χ0) is 26.1. The third-order valence-electron chi connectivity index (χ3n) is 6.26. The first kappa shape index (κ1) is 26.4. The molecule has 36 heavy (non-hydrogen) atoms. The molecule has 3 atom stereocenters. The number of fused-ring (bicyclic) bond motifs is 2. The van der Waals surface area contributed by atoms with Crippen molar-refractivity contribution in [2.75, 3.05) is 6.61 Å². The third-order valence-corrected chi connectivity index (χ3v) is 6.26. The minimum Gasteiger partial charge on any atom is -0.489 e. The van der Waals surface area contributed by atoms with Crippen LogP contribution in [0.3, 0.4) is 0 Å². The van der Waals surface area contributed by atoms with E-state index in [9.17, 15) is 26.3 Å². The molecule has 1 aromatic heterocycles. The van der Waals surface area contributed by atoms with Gasteiger partial charge in [0.15, 0.2) is 11.5 Å². The van der Waals surface area contributed by atoms with Crippen LogP contribution in [0.25, 0.3) is 0 Å². The van der Waals surface area contributed by atoms with Gasteiger partial charge >= 0.3 is 12.4 Å². The molecule has 0 N–H and O–H groups in total. The summed E-state index contributed by atoms with van der Waals surface area (Å²) in [4.78, 5) is 9.68. The molecule has 5 nitrogen and oxygen atoms in total. The van der Waals surface area contributed by atoms with Crippen molar-refractivity contribution in [2.45, 2.75) is 76.5 Å². The quantitative estimate of drug-likeness (QED) is 0.373. The Morgan fingerprint density at radius 3 is 2.11 bits per heavy atom. The Labute approximate surface area is 205 Å². The fourth-order valence-electron chi connectivity index (χ4n) is 4.57. The van der Waals surface area contributed by atoms with Crippen LogP contribution in [-0.4, -0.2) is 34.8 Å². The van der Waals surface area contributed by atoms with Crippen molar-refractivity contribution < 1.29 is 40.7 Å². The number of ether oxygens (including phenoxy) is 2. The van der Waals surface area contributed by atoms with E-state index in [1.807, 2.05) is 13.8 Å². The summed E-state index contributed by atoms with van der Waals surface area (Å²) in [6.07, 6.45) is -4.88. The van der Waals surface area contributed by atoms with Gasteiger partial charge in [0.05, 0.1) is 17.7 Å². The summed E-state index contributed by atoms with van der Waals surface area (Å²) in [7, 11) is 0. The lowest BCUT2D eigenvalue weighted by atomic mass is 9.84. The van der Waals surface area contributed by atoms with Gasteiger partial charge in [0.1, 0.15) is 6.10 Å². The van der Waals surface area contributed by atoms with Gasteiger partial charge in [-0.25, -0.2) is 4.98 Å². The van der Waals surface area contributed by atoms with Crippen LogP contribution < -0.4 is 14.3 Å². The largest absolute Gasteiger partial charge is 0.489 e. The van der Waals surface area contributed by atoms with E-state index in [0.717, 1.165) is 43.7 Å². The Bertz CT molecular complexity index is 1010. The lowest BCUT2D eigenvalue weighted by Crippen LogP contribution is -2.55. The van der Waals surface area contributed by atoms with E-state index < -0.39 is 23.5 Å². The van der Waals surface area contributed by atoms with Gasteiger partial charge in [0.25, 0.3) is 0 Å². The molecule has 2 bridgehead atoms. The number of hydrogen-bond donors (Lipinski definition) is 0. The number of piperidine rings is 2. The molecule has 1 unspecified atom stereocenters. The van der Waals surface area contributed by atoms with Crippen LogP contribution in [0.5, 0.6) is 17.4 Å². The molecule has 11 heteroatoms. The maximum Gasteiger partial charge on any atom is 0.417 e. The molecule has 0 spiro atoms. The van der Waals surface area contributed by atoms with Gasteiger partial charge in [-0.15, -0.1) is 5.06 Å². The lowest BCUT2D eigenvalue weighted by Gasteiger charge is -2.46. The van der Waals surface area contributed by atoms with E-state index in [2.05, 4.69) is 4.98 Å². The maximum atomic E-state index is 13.2. The average Bonchev–Trinajstić information content (AvgIpc) is 2.78. The summed E-state index contributed by atoms with van der Waals surface area (Å²) < 4.78 is 90.0. The Hall–Kier alpha value is -2.69. The first-order chi connectivity index (χ1) is 16.9. The second kappa shape index (κ2) is 10.4. The molecule has 4 rings (SSSR count). The normalized spacial score (nSPS) is 23.0. The number of hydrogen-bond acceptors (Lipinski definition) is 5. The third kappa shape index (κ3) is 6.35. The molecular weight excluding hydrogens is 490 g/mol. The number of aromatic nitrogens is 1. The van der Waals surface area contributed by atoms with Gasteiger partial charge < -0.3 is 14.3 Å². The molecular formula is C25H28F6N2O3. The molecule has 2 saturated heterocycles. The van der Waals surface area contributed by atoms with Gasteiger partial charge in [-0.2, -0.15) is 26.3 Å². The maximum absolute atomic E-state index is 13.2. The molecule has 2 aliphatic rings. The Morgan fingerprint density at radius 1 is 0.917 bits per heavy atom. The first-order valence-corrected chi connectivity index (χ1v) is 11.9. The van der Waals surface area contributed by atoms with Gasteiger partial charge in [0.2, 0.25) is 5.88 Å². The van der Waals surface area contributed by atoms with Crippen molar-refractivity contribution in [3.63, 3.8) is 0 Å². The summed E-state index contributed by atoms with van der Waals surface area (Å²) in [6.45, 7) is 4.04. The van der Waals surface area contributed by atoms with E-state index in [4.69, 9.17) is 14.3 Å². The monoisotopic (exact) mass is 518 g/mol. The number of hydroxylamine groups is 2. The van der Waals surface area contributed by atoms with Crippen molar-refractivity contribution in [3.8, 4) is 17.4 Å². The van der Waals surface area contributed by atoms with Gasteiger partial charge in [0, 0.05) is 37.2 Å². The molecule has 1 aromatic carbocycles. The van der Waals surface area contributed by atoms with Crippen molar-refractivity contribution in [3.05, 3.63) is 47.7 Å². The van der Waals surface area contributed by atoms with Gasteiger partial charge in [-0.3, -0.25) is 0 Å². The summed E-state index contributed by atoms with van der Waals surface area (Å²) in [6, 6.07) is 5.23. The molecule has 0 amide bonds. The molecule has 0 saturated carbocycles. The summed E-state index contributed by atoms with van der Waals surface area (Å²) in [5.74, 6) is 0.499. The van der Waals surface area contributed by atoms with E-state index in [1.54, 1.807) is 5.06 Å². The summed E-state index contributed by atoms with van der Waals surface area (Å²) >= 11 is 0. The Balaban J connectivity index is 1.46. The minimum absolute atomic E-state index is 0.0521. The minimum atomic E-state index is -4.50. The smallest absolute Gasteiger partial charge is 0.417 e. The second-order valence-electron chi connectivity index (χ2n) is 9.65. The highest BCUT2D eigenvalue weighted by atomic mass is 19.4. The van der Waals surface area contributed by atoms with Crippen molar-refractivity contribution in [1.29, 1.82) is 0 Å². The number of rotatable bonds is 7. The van der Waals surface area contributed by atoms with E-state index >= 15 is 0 Å². The summed E-state index contributed by atoms with van der Waals surface area (Å²) in [5.41, 5.74) is -1.66. The lowest BCUT2D eigenvalue weighted by molar-refractivity contribution is -0.185. The van der Waals surface area contributed by atoms with Crippen LogP contribution in [0, 0.1) is 5.92 Å². The fraction of sp³-hybridized carbons (Fsp3) is 0.560. The fourth-order valence-corrected chi connectivity index (χ4v) is 4.57. The van der Waals surface area contributed by atoms with E-state index in [0.29, 0.717) is 12.8 Å². The van der Waals surface area contributed by atoms with Crippen LogP contribution in [0.2, 0.25) is 0 Å². The topological polar surface area (TPSA) is 43.8 Å². The zero-order valence-electron chi connectivity index (χ0n) is 19.9. The standard InChI is InChI=1S/C25H28F6N2O3/c1-15(2)14-34-22-10-16(24(26,27)28)6-8-21(22)35-20-11-18-4-3-5-19(12-20)33(18)36-23-9-7-17(13-32-23)25(29,30)31/h6-10,13,15,18-20H,3-5,11-12,14H2,1-2H3/t18-,19+,20?. The van der Waals surface area contributed by atoms with E-state index in [-0.39, 0.29) is 48.1 Å². The number of pyridine rings is 1. The summed E-state index contributed by atoms with van der Waals surface area (Å²) in [5, 5.41) is 1.78. The van der Waals surface area contributed by atoms with Crippen LogP contribution in [0.1, 0.15) is 57.1 Å². The Morgan fingerprint density at radius 2 is 1.56 bits per heavy atom. The second-order valence-corrected chi connectivity index (χ2v) is 9.65.